The lowest BCUT2D eigenvalue weighted by Crippen LogP contribution is -2.80. The highest BCUT2D eigenvalue weighted by atomic mass is 16.8. The van der Waals surface area contributed by atoms with Crippen LogP contribution in [0.25, 0.3) is 0 Å². The summed E-state index contributed by atoms with van der Waals surface area (Å²) in [6.45, 7) is 2.66. The van der Waals surface area contributed by atoms with E-state index in [1.807, 2.05) is 0 Å². The fraction of sp³-hybridized carbons (Fsp3) is 0.714. The van der Waals surface area contributed by atoms with Crippen LogP contribution in [0.4, 0.5) is 0 Å². The number of rotatable bonds is 5. The number of Topliss-reactive ketones (excluding diaryl/α,β-unsaturated/α-hetero) is 2. The lowest BCUT2D eigenvalue weighted by Gasteiger charge is -2.53. The van der Waals surface area contributed by atoms with Crippen LogP contribution in [0.15, 0.2) is 0 Å². The molecule has 0 bridgehead atoms. The average molecular weight is 348 g/mol. The second kappa shape index (κ2) is 6.93. The van der Waals surface area contributed by atoms with Crippen molar-refractivity contribution in [1.29, 1.82) is 0 Å². The number of ketones is 2. The van der Waals surface area contributed by atoms with Gasteiger partial charge in [0.1, 0.15) is 18.3 Å². The van der Waals surface area contributed by atoms with E-state index in [2.05, 4.69) is 0 Å². The summed E-state index contributed by atoms with van der Waals surface area (Å²) < 4.78 is 15.0. The third-order valence-electron chi connectivity index (χ3n) is 3.69. The van der Waals surface area contributed by atoms with Crippen LogP contribution in [0.1, 0.15) is 27.7 Å². The van der Waals surface area contributed by atoms with E-state index in [4.69, 9.17) is 14.2 Å². The molecule has 0 aromatic heterocycles. The van der Waals surface area contributed by atoms with Crippen molar-refractivity contribution in [2.24, 2.45) is 0 Å². The Bertz CT molecular complexity index is 558. The zero-order valence-corrected chi connectivity index (χ0v) is 13.6. The zero-order valence-electron chi connectivity index (χ0n) is 13.6. The van der Waals surface area contributed by atoms with Crippen molar-refractivity contribution in [1.82, 2.24) is 0 Å². The molecule has 5 atom stereocenters. The molecular formula is C14H20O10. The molecular weight excluding hydrogens is 328 g/mol. The molecule has 24 heavy (non-hydrogen) atoms. The predicted molar refractivity (Wildman–Crippen MR) is 74.3 cm³/mol. The third kappa shape index (κ3) is 2.93. The minimum atomic E-state index is -2.86. The van der Waals surface area contributed by atoms with E-state index in [9.17, 15) is 34.5 Å². The second-order valence-electron chi connectivity index (χ2n) is 5.43. The monoisotopic (exact) mass is 348 g/mol. The lowest BCUT2D eigenvalue weighted by molar-refractivity contribution is -0.358. The topological polar surface area (TPSA) is 157 Å². The first-order valence-corrected chi connectivity index (χ1v) is 7.02. The molecule has 0 radical (unpaired) electrons. The normalized spacial score (nSPS) is 35.9. The Balaban J connectivity index is 3.76. The third-order valence-corrected chi connectivity index (χ3v) is 3.69. The van der Waals surface area contributed by atoms with Gasteiger partial charge in [0.2, 0.25) is 5.78 Å². The highest BCUT2D eigenvalue weighted by Gasteiger charge is 2.74. The van der Waals surface area contributed by atoms with Gasteiger partial charge in [-0.1, -0.05) is 0 Å². The SMILES string of the molecule is CC(=O)O[C@]1(C(C)=O)O[C@H](CO)[C@H](O)[C@H](O)[C@]1(OC(C)=O)C(C)=O. The van der Waals surface area contributed by atoms with Crippen LogP contribution in [0.3, 0.4) is 0 Å². The summed E-state index contributed by atoms with van der Waals surface area (Å²) in [4.78, 5) is 47.5. The molecule has 1 rings (SSSR count). The molecule has 0 saturated carbocycles. The van der Waals surface area contributed by atoms with Crippen LogP contribution >= 0.6 is 0 Å². The quantitative estimate of drug-likeness (QED) is 0.467. The van der Waals surface area contributed by atoms with Crippen molar-refractivity contribution in [3.63, 3.8) is 0 Å². The molecule has 1 heterocycles. The molecule has 1 aliphatic heterocycles. The summed E-state index contributed by atoms with van der Waals surface area (Å²) in [5.74, 6) is -7.22. The largest absolute Gasteiger partial charge is 0.441 e. The Kier molecular flexibility index (Phi) is 5.82. The summed E-state index contributed by atoms with van der Waals surface area (Å²) in [6.07, 6.45) is -5.68. The van der Waals surface area contributed by atoms with Crippen molar-refractivity contribution < 1.29 is 48.7 Å². The number of aliphatic hydroxyl groups is 3. The van der Waals surface area contributed by atoms with Crippen LogP contribution in [-0.2, 0) is 33.4 Å². The summed E-state index contributed by atoms with van der Waals surface area (Å²) in [5.41, 5.74) is -2.83. The predicted octanol–water partition coefficient (Wildman–Crippen LogP) is -2.16. The van der Waals surface area contributed by atoms with E-state index in [0.29, 0.717) is 0 Å². The minimum absolute atomic E-state index is 0.864. The first-order chi connectivity index (χ1) is 11.0. The van der Waals surface area contributed by atoms with Crippen LogP contribution < -0.4 is 0 Å². The number of esters is 2. The van der Waals surface area contributed by atoms with Gasteiger partial charge in [0.15, 0.2) is 5.78 Å². The van der Waals surface area contributed by atoms with Gasteiger partial charge < -0.3 is 29.5 Å². The summed E-state index contributed by atoms with van der Waals surface area (Å²) >= 11 is 0. The molecule has 0 aromatic rings. The number of ether oxygens (including phenoxy) is 3. The lowest BCUT2D eigenvalue weighted by atomic mass is 9.75. The van der Waals surface area contributed by atoms with Gasteiger partial charge in [-0.3, -0.25) is 19.2 Å². The molecule has 1 fully saturated rings. The molecule has 3 N–H and O–H groups in total. The van der Waals surface area contributed by atoms with Gasteiger partial charge in [0.05, 0.1) is 6.61 Å². The Morgan fingerprint density at radius 3 is 1.79 bits per heavy atom. The molecule has 0 aromatic carbocycles. The van der Waals surface area contributed by atoms with E-state index >= 15 is 0 Å². The van der Waals surface area contributed by atoms with Crippen molar-refractivity contribution in [2.75, 3.05) is 6.61 Å². The highest BCUT2D eigenvalue weighted by molar-refractivity contribution is 6.00. The number of hydrogen-bond acceptors (Lipinski definition) is 10. The molecule has 10 heteroatoms. The average Bonchev–Trinajstić information content (AvgIpc) is 2.45. The van der Waals surface area contributed by atoms with E-state index in [1.165, 1.54) is 0 Å². The Morgan fingerprint density at radius 2 is 1.46 bits per heavy atom. The molecule has 136 valence electrons. The zero-order chi connectivity index (χ0) is 18.9. The second-order valence-corrected chi connectivity index (χ2v) is 5.43. The van der Waals surface area contributed by atoms with Gasteiger partial charge in [-0.15, -0.1) is 0 Å². The van der Waals surface area contributed by atoms with E-state index in [-0.39, 0.29) is 0 Å². The van der Waals surface area contributed by atoms with Crippen molar-refractivity contribution in [3.05, 3.63) is 0 Å². The summed E-state index contributed by atoms with van der Waals surface area (Å²) in [6, 6.07) is 0. The van der Waals surface area contributed by atoms with Crippen LogP contribution in [0, 0.1) is 0 Å². The Labute approximate surface area is 137 Å². The maximum atomic E-state index is 12.3. The van der Waals surface area contributed by atoms with E-state index in [0.717, 1.165) is 27.7 Å². The number of aliphatic hydroxyl groups excluding tert-OH is 3. The van der Waals surface area contributed by atoms with E-state index < -0.39 is 59.8 Å². The maximum Gasteiger partial charge on any atom is 0.324 e. The smallest absolute Gasteiger partial charge is 0.324 e. The van der Waals surface area contributed by atoms with Gasteiger partial charge in [-0.25, -0.2) is 0 Å². The number of carbonyl (C=O) groups is 4. The first kappa shape index (κ1) is 20.2. The molecule has 10 nitrogen and oxygen atoms in total. The van der Waals surface area contributed by atoms with Crippen molar-refractivity contribution >= 4 is 23.5 Å². The standard InChI is InChI=1S/C14H20O10/c1-6(16)13(22-8(3)18)12(21)11(20)10(5-15)24-14(13,7(2)17)23-9(4)19/h10-12,15,20-21H,5H2,1-4H3/t10-,11+,12+,13-,14-/m1/s1. The van der Waals surface area contributed by atoms with Gasteiger partial charge in [0, 0.05) is 20.8 Å². The fourth-order valence-corrected chi connectivity index (χ4v) is 2.74. The van der Waals surface area contributed by atoms with Gasteiger partial charge >= 0.3 is 17.7 Å². The van der Waals surface area contributed by atoms with Crippen LogP contribution in [0.5, 0.6) is 0 Å². The van der Waals surface area contributed by atoms with Crippen LogP contribution in [0.2, 0.25) is 0 Å². The molecule has 0 amide bonds. The van der Waals surface area contributed by atoms with Crippen molar-refractivity contribution in [3.8, 4) is 0 Å². The highest BCUT2D eigenvalue weighted by Crippen LogP contribution is 2.43. The molecule has 0 spiro atoms. The molecule has 1 saturated heterocycles. The van der Waals surface area contributed by atoms with Gasteiger partial charge in [-0.05, 0) is 6.92 Å². The van der Waals surface area contributed by atoms with Crippen LogP contribution in [-0.4, -0.2) is 75.1 Å². The van der Waals surface area contributed by atoms with E-state index in [1.54, 1.807) is 0 Å². The first-order valence-electron chi connectivity index (χ1n) is 7.02. The molecule has 0 unspecified atom stereocenters. The number of carbonyl (C=O) groups excluding carboxylic acids is 4. The molecule has 0 aliphatic carbocycles. The Hall–Kier alpha value is -1.88. The maximum absolute atomic E-state index is 12.3. The summed E-state index contributed by atoms with van der Waals surface area (Å²) in [5, 5.41) is 29.8. The van der Waals surface area contributed by atoms with Gasteiger partial charge in [-0.2, -0.15) is 0 Å². The number of hydrogen-bond donors (Lipinski definition) is 3. The van der Waals surface area contributed by atoms with Crippen molar-refractivity contribution in [2.45, 2.75) is 57.4 Å². The fourth-order valence-electron chi connectivity index (χ4n) is 2.74. The minimum Gasteiger partial charge on any atom is -0.441 e. The summed E-state index contributed by atoms with van der Waals surface area (Å²) in [7, 11) is 0. The Morgan fingerprint density at radius 1 is 0.958 bits per heavy atom. The van der Waals surface area contributed by atoms with Gasteiger partial charge in [0.25, 0.3) is 5.60 Å². The molecule has 1 aliphatic rings.